The average molecular weight is 369 g/mol. The molecular weight excluding hydrogens is 346 g/mol. The van der Waals surface area contributed by atoms with E-state index in [1.165, 1.54) is 6.92 Å². The van der Waals surface area contributed by atoms with Gasteiger partial charge in [-0.3, -0.25) is 9.59 Å². The van der Waals surface area contributed by atoms with E-state index in [0.29, 0.717) is 35.1 Å². The Kier molecular flexibility index (Phi) is 4.89. The van der Waals surface area contributed by atoms with Gasteiger partial charge in [0.1, 0.15) is 5.69 Å². The van der Waals surface area contributed by atoms with Gasteiger partial charge in [0.25, 0.3) is 5.91 Å². The van der Waals surface area contributed by atoms with Crippen molar-refractivity contribution in [3.63, 3.8) is 0 Å². The van der Waals surface area contributed by atoms with E-state index in [9.17, 15) is 9.59 Å². The lowest BCUT2D eigenvalue weighted by Crippen LogP contribution is -2.22. The Morgan fingerprint density at radius 1 is 1.26 bits per heavy atom. The number of fused-ring (bicyclic) bond motifs is 1. The Labute approximate surface area is 157 Å². The fraction of sp³-hybridized carbons (Fsp3) is 0.316. The first kappa shape index (κ1) is 18.5. The number of nitrogens with zero attached hydrogens (tertiary/aromatic N) is 3. The zero-order valence-electron chi connectivity index (χ0n) is 16.1. The number of anilines is 1. The van der Waals surface area contributed by atoms with Crippen molar-refractivity contribution in [1.82, 2.24) is 19.4 Å². The van der Waals surface area contributed by atoms with Gasteiger partial charge in [-0.05, 0) is 25.1 Å². The summed E-state index contributed by atoms with van der Waals surface area (Å²) in [5.74, 6) is 0.813. The average Bonchev–Trinajstić information content (AvgIpc) is 3.11. The molecule has 0 fully saturated rings. The molecule has 0 saturated heterocycles. The van der Waals surface area contributed by atoms with Gasteiger partial charge in [0.05, 0.1) is 23.7 Å². The Balaban J connectivity index is 2.16. The molecule has 27 heavy (non-hydrogen) atoms. The van der Waals surface area contributed by atoms with Gasteiger partial charge in [-0.2, -0.15) is 0 Å². The third kappa shape index (κ3) is 3.25. The van der Waals surface area contributed by atoms with Gasteiger partial charge in [0, 0.05) is 39.4 Å². The van der Waals surface area contributed by atoms with E-state index >= 15 is 0 Å². The second kappa shape index (κ2) is 7.14. The van der Waals surface area contributed by atoms with E-state index in [1.54, 1.807) is 13.3 Å². The smallest absolute Gasteiger partial charge is 0.256 e. The molecule has 8 nitrogen and oxygen atoms in total. The van der Waals surface area contributed by atoms with Gasteiger partial charge in [0.15, 0.2) is 11.6 Å². The summed E-state index contributed by atoms with van der Waals surface area (Å²) >= 11 is 0. The van der Waals surface area contributed by atoms with Crippen LogP contribution in [0.5, 0.6) is 5.75 Å². The van der Waals surface area contributed by atoms with Crippen LogP contribution in [-0.4, -0.2) is 39.6 Å². The third-order valence-corrected chi connectivity index (χ3v) is 4.33. The number of carbonyl (C=O) groups is 2. The maximum absolute atomic E-state index is 12.4. The molecule has 2 N–H and O–H groups in total. The van der Waals surface area contributed by atoms with Crippen LogP contribution in [-0.2, 0) is 18.9 Å². The van der Waals surface area contributed by atoms with Crippen LogP contribution < -0.4 is 15.4 Å². The molecule has 0 unspecified atom stereocenters. The second-order valence-corrected chi connectivity index (χ2v) is 6.27. The minimum Gasteiger partial charge on any atom is -0.494 e. The summed E-state index contributed by atoms with van der Waals surface area (Å²) in [5.41, 5.74) is 3.49. The molecule has 2 aromatic heterocycles. The molecule has 0 saturated carbocycles. The van der Waals surface area contributed by atoms with Crippen LogP contribution in [0.4, 0.5) is 5.69 Å². The zero-order chi connectivity index (χ0) is 19.7. The van der Waals surface area contributed by atoms with Crippen molar-refractivity contribution in [2.24, 2.45) is 14.1 Å². The van der Waals surface area contributed by atoms with Crippen molar-refractivity contribution in [1.29, 1.82) is 0 Å². The van der Waals surface area contributed by atoms with Crippen molar-refractivity contribution in [2.75, 3.05) is 19.0 Å². The normalized spacial score (nSPS) is 10.9. The predicted octanol–water partition coefficient (Wildman–Crippen LogP) is 2.30. The van der Waals surface area contributed by atoms with E-state index < -0.39 is 0 Å². The van der Waals surface area contributed by atoms with Crippen LogP contribution in [0.2, 0.25) is 0 Å². The summed E-state index contributed by atoms with van der Waals surface area (Å²) in [7, 11) is 5.29. The Morgan fingerprint density at radius 2 is 2.00 bits per heavy atom. The molecule has 2 amide bonds. The van der Waals surface area contributed by atoms with Gasteiger partial charge in [-0.25, -0.2) is 4.98 Å². The molecule has 0 aliphatic heterocycles. The fourth-order valence-electron chi connectivity index (χ4n) is 3.18. The summed E-state index contributed by atoms with van der Waals surface area (Å²) in [6, 6.07) is 5.55. The summed E-state index contributed by atoms with van der Waals surface area (Å²) in [6.45, 7) is 3.86. The summed E-state index contributed by atoms with van der Waals surface area (Å²) < 4.78 is 9.32. The SMILES string of the molecule is CCNC(=O)c1cn(C)c(-c2nc3cc(NC(C)=O)ccc3n2C)c1OC. The van der Waals surface area contributed by atoms with Gasteiger partial charge >= 0.3 is 0 Å². The molecule has 0 spiro atoms. The van der Waals surface area contributed by atoms with Crippen molar-refractivity contribution in [3.05, 3.63) is 30.0 Å². The predicted molar refractivity (Wildman–Crippen MR) is 104 cm³/mol. The number of amides is 2. The molecular formula is C19H23N5O3. The highest BCUT2D eigenvalue weighted by Crippen LogP contribution is 2.35. The molecule has 8 heteroatoms. The lowest BCUT2D eigenvalue weighted by molar-refractivity contribution is -0.114. The monoisotopic (exact) mass is 369 g/mol. The van der Waals surface area contributed by atoms with E-state index in [4.69, 9.17) is 9.72 Å². The lowest BCUT2D eigenvalue weighted by atomic mass is 10.2. The van der Waals surface area contributed by atoms with Gasteiger partial charge in [-0.15, -0.1) is 0 Å². The first-order valence-corrected chi connectivity index (χ1v) is 8.63. The summed E-state index contributed by atoms with van der Waals surface area (Å²) in [6.07, 6.45) is 1.74. The Bertz CT molecular complexity index is 1030. The molecule has 0 atom stereocenters. The molecule has 0 bridgehead atoms. The van der Waals surface area contributed by atoms with Crippen LogP contribution in [0.15, 0.2) is 24.4 Å². The maximum atomic E-state index is 12.4. The highest BCUT2D eigenvalue weighted by Gasteiger charge is 2.24. The number of aryl methyl sites for hydroxylation is 2. The van der Waals surface area contributed by atoms with E-state index in [0.717, 1.165) is 11.0 Å². The van der Waals surface area contributed by atoms with Gasteiger partial charge < -0.3 is 24.5 Å². The molecule has 3 aromatic rings. The van der Waals surface area contributed by atoms with Crippen molar-refractivity contribution < 1.29 is 14.3 Å². The minimum atomic E-state index is -0.192. The Hall–Kier alpha value is -3.29. The van der Waals surface area contributed by atoms with E-state index in [1.807, 2.05) is 48.4 Å². The fourth-order valence-corrected chi connectivity index (χ4v) is 3.18. The minimum absolute atomic E-state index is 0.138. The molecule has 0 aliphatic carbocycles. The van der Waals surface area contributed by atoms with Gasteiger partial charge in [0.2, 0.25) is 5.91 Å². The molecule has 1 aromatic carbocycles. The second-order valence-electron chi connectivity index (χ2n) is 6.27. The summed E-state index contributed by atoms with van der Waals surface area (Å²) in [5, 5.41) is 5.56. The Morgan fingerprint density at radius 3 is 2.63 bits per heavy atom. The molecule has 0 radical (unpaired) electrons. The maximum Gasteiger partial charge on any atom is 0.256 e. The standard InChI is InChI=1S/C19H23N5O3/c1-6-20-19(26)13-10-23(3)16(17(13)27-5)18-22-14-9-12(21-11(2)25)7-8-15(14)24(18)4/h7-10H,6H2,1-5H3,(H,20,26)(H,21,25). The highest BCUT2D eigenvalue weighted by molar-refractivity contribution is 5.99. The number of rotatable bonds is 5. The molecule has 142 valence electrons. The number of imidazole rings is 1. The number of carbonyl (C=O) groups excluding carboxylic acids is 2. The zero-order valence-corrected chi connectivity index (χ0v) is 16.1. The van der Waals surface area contributed by atoms with Crippen LogP contribution in [0.1, 0.15) is 24.2 Å². The largest absolute Gasteiger partial charge is 0.494 e. The van der Waals surface area contributed by atoms with Crippen molar-refractivity contribution in [3.8, 4) is 17.3 Å². The third-order valence-electron chi connectivity index (χ3n) is 4.33. The number of benzene rings is 1. The number of methoxy groups -OCH3 is 1. The first-order valence-electron chi connectivity index (χ1n) is 8.63. The van der Waals surface area contributed by atoms with Crippen molar-refractivity contribution >= 4 is 28.5 Å². The van der Waals surface area contributed by atoms with Crippen LogP contribution in [0, 0.1) is 0 Å². The van der Waals surface area contributed by atoms with Crippen molar-refractivity contribution in [2.45, 2.75) is 13.8 Å². The highest BCUT2D eigenvalue weighted by atomic mass is 16.5. The number of nitrogens with one attached hydrogen (secondary N) is 2. The number of hydrogen-bond donors (Lipinski definition) is 2. The van der Waals surface area contributed by atoms with E-state index in [2.05, 4.69) is 10.6 Å². The number of aromatic nitrogens is 3. The molecule has 3 rings (SSSR count). The molecule has 0 aliphatic rings. The number of ether oxygens (including phenoxy) is 1. The van der Waals surface area contributed by atoms with Crippen LogP contribution in [0.25, 0.3) is 22.6 Å². The number of hydrogen-bond acceptors (Lipinski definition) is 4. The molecule has 2 heterocycles. The lowest BCUT2D eigenvalue weighted by Gasteiger charge is -2.08. The summed E-state index contributed by atoms with van der Waals surface area (Å²) in [4.78, 5) is 28.4. The quantitative estimate of drug-likeness (QED) is 0.722. The van der Waals surface area contributed by atoms with Crippen LogP contribution >= 0.6 is 0 Å². The first-order chi connectivity index (χ1) is 12.9. The topological polar surface area (TPSA) is 90.2 Å². The van der Waals surface area contributed by atoms with Crippen LogP contribution in [0.3, 0.4) is 0 Å². The van der Waals surface area contributed by atoms with E-state index in [-0.39, 0.29) is 11.8 Å². The van der Waals surface area contributed by atoms with Gasteiger partial charge in [-0.1, -0.05) is 0 Å².